The number of aromatic nitrogens is 1. The van der Waals surface area contributed by atoms with E-state index in [1.807, 2.05) is 31.2 Å². The molecule has 128 valence electrons. The van der Waals surface area contributed by atoms with E-state index >= 15 is 0 Å². The molecule has 1 unspecified atom stereocenters. The third kappa shape index (κ3) is 4.92. The lowest BCUT2D eigenvalue weighted by molar-refractivity contribution is -0.143. The Hall–Kier alpha value is -2.67. The van der Waals surface area contributed by atoms with Crippen molar-refractivity contribution in [2.75, 3.05) is 13.7 Å². The van der Waals surface area contributed by atoms with E-state index in [2.05, 4.69) is 10.3 Å². The first-order valence-corrected chi connectivity index (χ1v) is 7.52. The van der Waals surface area contributed by atoms with Gasteiger partial charge >= 0.3 is 5.97 Å². The molecule has 2 aromatic rings. The molecule has 7 heteroatoms. The van der Waals surface area contributed by atoms with Crippen molar-refractivity contribution in [3.63, 3.8) is 0 Å². The number of methoxy groups -OCH3 is 1. The van der Waals surface area contributed by atoms with Crippen LogP contribution in [0.25, 0.3) is 11.3 Å². The van der Waals surface area contributed by atoms with Crippen LogP contribution in [-0.4, -0.2) is 41.7 Å². The summed E-state index contributed by atoms with van der Waals surface area (Å²) in [7, 11) is 1.38. The topological polar surface area (TPSA) is 102 Å². The van der Waals surface area contributed by atoms with Gasteiger partial charge in [-0.3, -0.25) is 4.79 Å². The lowest BCUT2D eigenvalue weighted by Crippen LogP contribution is -2.43. The quantitative estimate of drug-likeness (QED) is 0.764. The molecule has 0 aliphatic rings. The van der Waals surface area contributed by atoms with E-state index in [0.29, 0.717) is 11.7 Å². The lowest BCUT2D eigenvalue weighted by Gasteiger charge is -2.12. The SMILES string of the molecule is COCC(NC(=O)CCc1ncc(-c2ccc(C)cc2)o1)C(=O)O. The molecule has 1 aromatic carbocycles. The zero-order chi connectivity index (χ0) is 17.5. The van der Waals surface area contributed by atoms with E-state index in [0.717, 1.165) is 11.1 Å². The first-order chi connectivity index (χ1) is 11.5. The number of rotatable bonds is 8. The first-order valence-electron chi connectivity index (χ1n) is 7.52. The molecule has 0 spiro atoms. The minimum atomic E-state index is -1.14. The molecule has 0 bridgehead atoms. The molecule has 1 atom stereocenters. The summed E-state index contributed by atoms with van der Waals surface area (Å²) in [4.78, 5) is 26.9. The van der Waals surface area contributed by atoms with E-state index in [1.54, 1.807) is 6.20 Å². The fraction of sp³-hybridized carbons (Fsp3) is 0.353. The van der Waals surface area contributed by atoms with Gasteiger partial charge in [-0.2, -0.15) is 0 Å². The Morgan fingerprint density at radius 2 is 2.04 bits per heavy atom. The Kier molecular flexibility index (Phi) is 6.08. The minimum absolute atomic E-state index is 0.0847. The summed E-state index contributed by atoms with van der Waals surface area (Å²) in [6.07, 6.45) is 1.99. The molecule has 1 aromatic heterocycles. The summed E-state index contributed by atoms with van der Waals surface area (Å²) in [6.45, 7) is 1.92. The van der Waals surface area contributed by atoms with E-state index in [9.17, 15) is 9.59 Å². The maximum absolute atomic E-state index is 11.8. The summed E-state index contributed by atoms with van der Waals surface area (Å²) >= 11 is 0. The average Bonchev–Trinajstić information content (AvgIpc) is 3.02. The van der Waals surface area contributed by atoms with Crippen LogP contribution in [0.15, 0.2) is 34.9 Å². The van der Waals surface area contributed by atoms with Gasteiger partial charge in [-0.15, -0.1) is 0 Å². The van der Waals surface area contributed by atoms with Crippen molar-refractivity contribution < 1.29 is 23.8 Å². The van der Waals surface area contributed by atoms with Crippen LogP contribution < -0.4 is 5.32 Å². The summed E-state index contributed by atoms with van der Waals surface area (Å²) in [6, 6.07) is 6.78. The number of carbonyl (C=O) groups excluding carboxylic acids is 1. The van der Waals surface area contributed by atoms with Crippen molar-refractivity contribution in [3.05, 3.63) is 41.9 Å². The summed E-state index contributed by atoms with van der Waals surface area (Å²) in [5, 5.41) is 11.4. The van der Waals surface area contributed by atoms with Crippen molar-refractivity contribution in [2.45, 2.75) is 25.8 Å². The van der Waals surface area contributed by atoms with Crippen molar-refractivity contribution >= 4 is 11.9 Å². The first kappa shape index (κ1) is 17.7. The van der Waals surface area contributed by atoms with Gasteiger partial charge in [0, 0.05) is 25.5 Å². The minimum Gasteiger partial charge on any atom is -0.480 e. The van der Waals surface area contributed by atoms with Crippen molar-refractivity contribution in [1.82, 2.24) is 10.3 Å². The number of hydrogen-bond acceptors (Lipinski definition) is 5. The Bertz CT molecular complexity index is 693. The number of nitrogens with zero attached hydrogens (tertiary/aromatic N) is 1. The Balaban J connectivity index is 1.89. The number of carboxylic acids is 1. The van der Waals surface area contributed by atoms with Gasteiger partial charge in [0.25, 0.3) is 0 Å². The van der Waals surface area contributed by atoms with Gasteiger partial charge in [0.05, 0.1) is 12.8 Å². The number of aryl methyl sites for hydroxylation is 2. The molecule has 1 heterocycles. The van der Waals surface area contributed by atoms with E-state index in [4.69, 9.17) is 14.3 Å². The molecule has 0 radical (unpaired) electrons. The van der Waals surface area contributed by atoms with Gasteiger partial charge in [0.2, 0.25) is 5.91 Å². The molecular weight excluding hydrogens is 312 g/mol. The van der Waals surface area contributed by atoms with Gasteiger partial charge in [0.1, 0.15) is 0 Å². The number of aliphatic carboxylic acids is 1. The van der Waals surface area contributed by atoms with Crippen LogP contribution in [0.1, 0.15) is 17.9 Å². The van der Waals surface area contributed by atoms with Gasteiger partial charge < -0.3 is 19.6 Å². The van der Waals surface area contributed by atoms with Crippen LogP contribution in [0.3, 0.4) is 0 Å². The number of benzene rings is 1. The lowest BCUT2D eigenvalue weighted by atomic mass is 10.1. The second-order valence-corrected chi connectivity index (χ2v) is 5.40. The fourth-order valence-electron chi connectivity index (χ4n) is 2.11. The number of oxazole rings is 1. The predicted octanol–water partition coefficient (Wildman–Crippen LogP) is 1.80. The van der Waals surface area contributed by atoms with Crippen LogP contribution >= 0.6 is 0 Å². The highest BCUT2D eigenvalue weighted by molar-refractivity contribution is 5.83. The maximum Gasteiger partial charge on any atom is 0.328 e. The van der Waals surface area contributed by atoms with Gasteiger partial charge in [-0.25, -0.2) is 9.78 Å². The molecule has 7 nitrogen and oxygen atoms in total. The average molecular weight is 332 g/mol. The standard InChI is InChI=1S/C17H20N2O5/c1-11-3-5-12(6-4-11)14-9-18-16(24-14)8-7-15(20)19-13(10-23-2)17(21)22/h3-6,9,13H,7-8,10H2,1-2H3,(H,19,20)(H,21,22). The molecule has 0 saturated carbocycles. The molecule has 2 N–H and O–H groups in total. The number of carboxylic acid groups (broad SMARTS) is 1. The number of amides is 1. The fourth-order valence-corrected chi connectivity index (χ4v) is 2.11. The molecule has 1 amide bonds. The predicted molar refractivity (Wildman–Crippen MR) is 86.4 cm³/mol. The van der Waals surface area contributed by atoms with Crippen LogP contribution in [-0.2, 0) is 20.7 Å². The van der Waals surface area contributed by atoms with Crippen LogP contribution in [0, 0.1) is 6.92 Å². The normalized spacial score (nSPS) is 11.9. The molecule has 0 fully saturated rings. The Morgan fingerprint density at radius 3 is 2.67 bits per heavy atom. The van der Waals surface area contributed by atoms with Gasteiger partial charge in [-0.05, 0) is 6.92 Å². The summed E-state index contributed by atoms with van der Waals surface area (Å²) in [5.74, 6) is -0.468. The molecule has 0 aliphatic carbocycles. The third-order valence-electron chi connectivity index (χ3n) is 3.42. The molecular formula is C17H20N2O5. The largest absolute Gasteiger partial charge is 0.480 e. The number of hydrogen-bond donors (Lipinski definition) is 2. The Morgan fingerprint density at radius 1 is 1.33 bits per heavy atom. The van der Waals surface area contributed by atoms with E-state index in [1.165, 1.54) is 7.11 Å². The van der Waals surface area contributed by atoms with Gasteiger partial charge in [0.15, 0.2) is 17.7 Å². The van der Waals surface area contributed by atoms with E-state index in [-0.39, 0.29) is 19.4 Å². The molecule has 0 saturated heterocycles. The second-order valence-electron chi connectivity index (χ2n) is 5.40. The third-order valence-corrected chi connectivity index (χ3v) is 3.42. The van der Waals surface area contributed by atoms with E-state index < -0.39 is 17.9 Å². The number of carbonyl (C=O) groups is 2. The zero-order valence-electron chi connectivity index (χ0n) is 13.6. The number of nitrogens with one attached hydrogen (secondary N) is 1. The number of ether oxygens (including phenoxy) is 1. The summed E-state index contributed by atoms with van der Waals surface area (Å²) < 4.78 is 10.4. The highest BCUT2D eigenvalue weighted by Crippen LogP contribution is 2.21. The van der Waals surface area contributed by atoms with Gasteiger partial charge in [-0.1, -0.05) is 29.8 Å². The monoisotopic (exact) mass is 332 g/mol. The maximum atomic E-state index is 11.8. The molecule has 24 heavy (non-hydrogen) atoms. The van der Waals surface area contributed by atoms with Crippen molar-refractivity contribution in [2.24, 2.45) is 0 Å². The zero-order valence-corrected chi connectivity index (χ0v) is 13.6. The van der Waals surface area contributed by atoms with Crippen LogP contribution in [0.4, 0.5) is 0 Å². The Labute approximate surface area is 139 Å². The molecule has 2 rings (SSSR count). The van der Waals surface area contributed by atoms with Crippen molar-refractivity contribution in [3.8, 4) is 11.3 Å². The van der Waals surface area contributed by atoms with Crippen LogP contribution in [0.2, 0.25) is 0 Å². The highest BCUT2D eigenvalue weighted by Gasteiger charge is 2.19. The summed E-state index contributed by atoms with van der Waals surface area (Å²) in [5.41, 5.74) is 2.06. The second kappa shape index (κ2) is 8.26. The van der Waals surface area contributed by atoms with Crippen molar-refractivity contribution in [1.29, 1.82) is 0 Å². The van der Waals surface area contributed by atoms with Crippen LogP contribution in [0.5, 0.6) is 0 Å². The highest BCUT2D eigenvalue weighted by atomic mass is 16.5. The molecule has 0 aliphatic heterocycles. The smallest absolute Gasteiger partial charge is 0.328 e.